The van der Waals surface area contributed by atoms with Crippen molar-refractivity contribution in [1.82, 2.24) is 0 Å². The van der Waals surface area contributed by atoms with Crippen LogP contribution in [0.5, 0.6) is 0 Å². The maximum Gasteiger partial charge on any atom is 0.135 e. The maximum atomic E-state index is 11.1. The smallest absolute Gasteiger partial charge is 0.135 e. The molecule has 0 radical (unpaired) electrons. The van der Waals surface area contributed by atoms with Crippen LogP contribution in [0.4, 0.5) is 0 Å². The molecule has 2 nitrogen and oxygen atoms in total. The molecule has 1 saturated heterocycles. The first kappa shape index (κ1) is 7.73. The second-order valence-electron chi connectivity index (χ2n) is 2.71. The number of Topliss-reactive ketones (excluding diaryl/α,β-unsaturated/α-hetero) is 1. The summed E-state index contributed by atoms with van der Waals surface area (Å²) in [5.41, 5.74) is 0. The summed E-state index contributed by atoms with van der Waals surface area (Å²) in [6, 6.07) is 0. The predicted octanol–water partition coefficient (Wildman–Crippen LogP) is 1.39. The van der Waals surface area contributed by atoms with Crippen molar-refractivity contribution in [1.29, 1.82) is 0 Å². The van der Waals surface area contributed by atoms with E-state index < -0.39 is 0 Å². The van der Waals surface area contributed by atoms with Crippen LogP contribution in [0.25, 0.3) is 0 Å². The minimum absolute atomic E-state index is 0.304. The number of carbonyl (C=O) groups is 1. The Balaban J connectivity index is 2.31. The van der Waals surface area contributed by atoms with Gasteiger partial charge in [-0.1, -0.05) is 6.92 Å². The molecule has 0 atom stereocenters. The largest absolute Gasteiger partial charge is 0.381 e. The molecule has 0 aromatic rings. The van der Waals surface area contributed by atoms with E-state index in [-0.39, 0.29) is 0 Å². The first-order chi connectivity index (χ1) is 4.84. The topological polar surface area (TPSA) is 26.3 Å². The molecule has 1 aliphatic rings. The quantitative estimate of drug-likeness (QED) is 0.582. The van der Waals surface area contributed by atoms with Crippen molar-refractivity contribution in [2.75, 3.05) is 13.2 Å². The van der Waals surface area contributed by atoms with Crippen molar-refractivity contribution in [2.45, 2.75) is 26.2 Å². The van der Waals surface area contributed by atoms with Crippen LogP contribution in [0.15, 0.2) is 0 Å². The van der Waals surface area contributed by atoms with Gasteiger partial charge in [0.15, 0.2) is 0 Å². The highest BCUT2D eigenvalue weighted by Crippen LogP contribution is 2.16. The molecule has 10 heavy (non-hydrogen) atoms. The van der Waals surface area contributed by atoms with E-state index >= 15 is 0 Å². The zero-order valence-corrected chi connectivity index (χ0v) is 6.43. The Bertz CT molecular complexity index is 114. The lowest BCUT2D eigenvalue weighted by Gasteiger charge is -2.19. The van der Waals surface area contributed by atoms with Crippen LogP contribution in [0.1, 0.15) is 26.2 Å². The van der Waals surface area contributed by atoms with Crippen LogP contribution in [0.2, 0.25) is 0 Å². The van der Waals surface area contributed by atoms with Gasteiger partial charge in [0, 0.05) is 25.6 Å². The average molecular weight is 142 g/mol. The Kier molecular flexibility index (Phi) is 2.87. The number of hydrogen-bond acceptors (Lipinski definition) is 2. The van der Waals surface area contributed by atoms with Crippen LogP contribution < -0.4 is 0 Å². The van der Waals surface area contributed by atoms with Crippen molar-refractivity contribution in [3.05, 3.63) is 0 Å². The van der Waals surface area contributed by atoms with E-state index in [2.05, 4.69) is 0 Å². The van der Waals surface area contributed by atoms with Gasteiger partial charge in [0.2, 0.25) is 0 Å². The van der Waals surface area contributed by atoms with Gasteiger partial charge in [-0.3, -0.25) is 4.79 Å². The molecule has 0 N–H and O–H groups in total. The monoisotopic (exact) mass is 142 g/mol. The fraction of sp³-hybridized carbons (Fsp3) is 0.875. The highest BCUT2D eigenvalue weighted by molar-refractivity contribution is 5.80. The first-order valence-corrected chi connectivity index (χ1v) is 3.95. The van der Waals surface area contributed by atoms with E-state index in [9.17, 15) is 4.79 Å². The Labute approximate surface area is 61.6 Å². The molecular weight excluding hydrogens is 128 g/mol. The molecule has 2 heteroatoms. The number of ether oxygens (including phenoxy) is 1. The van der Waals surface area contributed by atoms with Gasteiger partial charge in [-0.15, -0.1) is 0 Å². The van der Waals surface area contributed by atoms with Crippen LogP contribution in [-0.2, 0) is 9.53 Å². The predicted molar refractivity (Wildman–Crippen MR) is 38.8 cm³/mol. The number of carbonyl (C=O) groups excluding carboxylic acids is 1. The molecule has 0 amide bonds. The van der Waals surface area contributed by atoms with Crippen LogP contribution in [-0.4, -0.2) is 19.0 Å². The van der Waals surface area contributed by atoms with Crippen molar-refractivity contribution in [3.63, 3.8) is 0 Å². The fourth-order valence-corrected chi connectivity index (χ4v) is 1.31. The van der Waals surface area contributed by atoms with Crippen molar-refractivity contribution < 1.29 is 9.53 Å². The van der Waals surface area contributed by atoms with Gasteiger partial charge >= 0.3 is 0 Å². The summed E-state index contributed by atoms with van der Waals surface area (Å²) >= 11 is 0. The van der Waals surface area contributed by atoms with Crippen molar-refractivity contribution in [3.8, 4) is 0 Å². The van der Waals surface area contributed by atoms with Gasteiger partial charge in [-0.25, -0.2) is 0 Å². The molecular formula is C8H14O2. The summed E-state index contributed by atoms with van der Waals surface area (Å²) in [4.78, 5) is 11.1. The first-order valence-electron chi connectivity index (χ1n) is 3.95. The summed E-state index contributed by atoms with van der Waals surface area (Å²) < 4.78 is 5.14. The van der Waals surface area contributed by atoms with E-state index in [4.69, 9.17) is 4.74 Å². The Morgan fingerprint density at radius 3 is 2.60 bits per heavy atom. The highest BCUT2D eigenvalue weighted by atomic mass is 16.5. The second-order valence-corrected chi connectivity index (χ2v) is 2.71. The third-order valence-electron chi connectivity index (χ3n) is 2.03. The Morgan fingerprint density at radius 2 is 2.10 bits per heavy atom. The molecule has 58 valence electrons. The lowest BCUT2D eigenvalue weighted by atomic mass is 9.94. The van der Waals surface area contributed by atoms with Gasteiger partial charge in [0.05, 0.1) is 0 Å². The fourth-order valence-electron chi connectivity index (χ4n) is 1.31. The summed E-state index contributed by atoms with van der Waals surface area (Å²) in [5, 5.41) is 0. The van der Waals surface area contributed by atoms with E-state index in [0.717, 1.165) is 26.1 Å². The molecule has 1 aliphatic heterocycles. The summed E-state index contributed by atoms with van der Waals surface area (Å²) in [6.45, 7) is 3.48. The summed E-state index contributed by atoms with van der Waals surface area (Å²) in [6.07, 6.45) is 2.56. The molecule has 1 rings (SSSR count). The molecule has 1 heterocycles. The lowest BCUT2D eigenvalue weighted by Crippen LogP contribution is -2.22. The van der Waals surface area contributed by atoms with Gasteiger partial charge in [-0.05, 0) is 12.8 Å². The average Bonchev–Trinajstić information content (AvgIpc) is 2.05. The van der Waals surface area contributed by atoms with Gasteiger partial charge in [0.25, 0.3) is 0 Å². The molecule has 0 spiro atoms. The normalized spacial score (nSPS) is 20.9. The maximum absolute atomic E-state index is 11.1. The molecule has 0 aromatic heterocycles. The lowest BCUT2D eigenvalue weighted by molar-refractivity contribution is -0.125. The van der Waals surface area contributed by atoms with Crippen molar-refractivity contribution >= 4 is 5.78 Å². The minimum Gasteiger partial charge on any atom is -0.381 e. The molecule has 1 fully saturated rings. The molecule has 0 aliphatic carbocycles. The summed E-state index contributed by atoms with van der Waals surface area (Å²) in [5.74, 6) is 0.710. The van der Waals surface area contributed by atoms with Crippen LogP contribution >= 0.6 is 0 Å². The molecule has 0 bridgehead atoms. The van der Waals surface area contributed by atoms with E-state index in [0.29, 0.717) is 18.1 Å². The SMILES string of the molecule is CCC(=O)C1CCOCC1. The zero-order valence-electron chi connectivity index (χ0n) is 6.43. The number of hydrogen-bond donors (Lipinski definition) is 0. The highest BCUT2D eigenvalue weighted by Gasteiger charge is 2.19. The Morgan fingerprint density at radius 1 is 1.50 bits per heavy atom. The number of ketones is 1. The van der Waals surface area contributed by atoms with Gasteiger partial charge in [0.1, 0.15) is 5.78 Å². The van der Waals surface area contributed by atoms with Gasteiger partial charge < -0.3 is 4.74 Å². The summed E-state index contributed by atoms with van der Waals surface area (Å²) in [7, 11) is 0. The molecule has 0 saturated carbocycles. The van der Waals surface area contributed by atoms with Crippen molar-refractivity contribution in [2.24, 2.45) is 5.92 Å². The van der Waals surface area contributed by atoms with Crippen LogP contribution in [0.3, 0.4) is 0 Å². The van der Waals surface area contributed by atoms with E-state index in [1.807, 2.05) is 6.92 Å². The third-order valence-corrected chi connectivity index (χ3v) is 2.03. The van der Waals surface area contributed by atoms with Gasteiger partial charge in [-0.2, -0.15) is 0 Å². The zero-order chi connectivity index (χ0) is 7.40. The third kappa shape index (κ3) is 1.81. The van der Waals surface area contributed by atoms with E-state index in [1.54, 1.807) is 0 Å². The van der Waals surface area contributed by atoms with E-state index in [1.165, 1.54) is 0 Å². The van der Waals surface area contributed by atoms with Crippen LogP contribution in [0, 0.1) is 5.92 Å². The standard InChI is InChI=1S/C8H14O2/c1-2-8(9)7-3-5-10-6-4-7/h7H,2-6H2,1H3. The second kappa shape index (κ2) is 3.71. The molecule has 0 aromatic carbocycles. The minimum atomic E-state index is 0.304. The molecule has 0 unspecified atom stereocenters. The number of rotatable bonds is 2. The Hall–Kier alpha value is -0.370.